The lowest BCUT2D eigenvalue weighted by molar-refractivity contribution is -0.0883. The summed E-state index contributed by atoms with van der Waals surface area (Å²) in [4.78, 5) is 6.71. The minimum absolute atomic E-state index is 0.0300. The number of morpholine rings is 1. The van der Waals surface area contributed by atoms with Crippen LogP contribution in [0.1, 0.15) is 0 Å². The van der Waals surface area contributed by atoms with Gasteiger partial charge in [-0.2, -0.15) is 0 Å². The fourth-order valence-corrected chi connectivity index (χ4v) is 2.55. The number of aromatic nitrogens is 1. The Kier molecular flexibility index (Phi) is 2.61. The molecule has 5 heteroatoms. The fraction of sp³-hybridized carbons (Fsp3) is 0.545. The van der Waals surface area contributed by atoms with Crippen molar-refractivity contribution in [1.82, 2.24) is 10.3 Å². The van der Waals surface area contributed by atoms with Crippen molar-refractivity contribution in [3.05, 3.63) is 22.8 Å². The molecule has 0 aromatic carbocycles. The van der Waals surface area contributed by atoms with Crippen LogP contribution in [0.5, 0.6) is 0 Å². The zero-order valence-corrected chi connectivity index (χ0v) is 10.5. The van der Waals surface area contributed by atoms with Crippen LogP contribution < -0.4 is 10.2 Å². The number of anilines is 1. The van der Waals surface area contributed by atoms with E-state index in [0.717, 1.165) is 43.1 Å². The second-order valence-corrected chi connectivity index (χ2v) is 5.30. The van der Waals surface area contributed by atoms with E-state index in [0.29, 0.717) is 0 Å². The van der Waals surface area contributed by atoms with E-state index in [4.69, 9.17) is 4.74 Å². The molecule has 0 saturated carbocycles. The van der Waals surface area contributed by atoms with Crippen LogP contribution in [-0.4, -0.2) is 43.4 Å². The first-order chi connectivity index (χ1) is 7.77. The minimum atomic E-state index is 0.0300. The van der Waals surface area contributed by atoms with Gasteiger partial charge in [0.1, 0.15) is 11.4 Å². The first-order valence-electron chi connectivity index (χ1n) is 5.49. The highest BCUT2D eigenvalue weighted by atomic mass is 79.9. The van der Waals surface area contributed by atoms with Gasteiger partial charge in [0.15, 0.2) is 0 Å². The number of halogens is 1. The molecule has 0 unspecified atom stereocenters. The Morgan fingerprint density at radius 3 is 3.06 bits per heavy atom. The summed E-state index contributed by atoms with van der Waals surface area (Å²) in [6.07, 6.45) is 1.83. The van der Waals surface area contributed by atoms with Crippen molar-refractivity contribution >= 4 is 21.7 Å². The summed E-state index contributed by atoms with van der Waals surface area (Å²) < 4.78 is 6.91. The molecule has 16 heavy (non-hydrogen) atoms. The van der Waals surface area contributed by atoms with Gasteiger partial charge in [-0.1, -0.05) is 15.9 Å². The smallest absolute Gasteiger partial charge is 0.129 e. The third-order valence-electron chi connectivity index (χ3n) is 3.17. The quantitative estimate of drug-likeness (QED) is 0.835. The summed E-state index contributed by atoms with van der Waals surface area (Å²) in [5.74, 6) is 1.03. The number of nitrogens with zero attached hydrogens (tertiary/aromatic N) is 2. The molecule has 2 aliphatic rings. The predicted molar refractivity (Wildman–Crippen MR) is 65.7 cm³/mol. The number of pyridine rings is 1. The molecule has 2 fully saturated rings. The van der Waals surface area contributed by atoms with E-state index < -0.39 is 0 Å². The van der Waals surface area contributed by atoms with Gasteiger partial charge in [0.25, 0.3) is 0 Å². The molecule has 0 radical (unpaired) electrons. The minimum Gasteiger partial charge on any atom is -0.369 e. The van der Waals surface area contributed by atoms with Crippen molar-refractivity contribution in [1.29, 1.82) is 0 Å². The van der Waals surface area contributed by atoms with E-state index in [2.05, 4.69) is 37.2 Å². The molecule has 0 amide bonds. The Hall–Kier alpha value is -0.650. The Bertz CT molecular complexity index is 395. The van der Waals surface area contributed by atoms with Crippen LogP contribution in [0.3, 0.4) is 0 Å². The molecule has 1 spiro atoms. The molecule has 1 aromatic heterocycles. The lowest BCUT2D eigenvalue weighted by Gasteiger charge is -2.49. The van der Waals surface area contributed by atoms with E-state index in [1.54, 1.807) is 0 Å². The maximum Gasteiger partial charge on any atom is 0.129 e. The van der Waals surface area contributed by atoms with Crippen LogP contribution in [0.4, 0.5) is 5.82 Å². The average Bonchev–Trinajstić information content (AvgIpc) is 2.27. The largest absolute Gasteiger partial charge is 0.369 e. The summed E-state index contributed by atoms with van der Waals surface area (Å²) >= 11 is 3.48. The van der Waals surface area contributed by atoms with Crippen LogP contribution in [-0.2, 0) is 4.74 Å². The number of rotatable bonds is 1. The van der Waals surface area contributed by atoms with Crippen molar-refractivity contribution in [2.75, 3.05) is 37.7 Å². The standard InChI is InChI=1S/C11H14BrN3O/c12-9-1-2-14-10(5-9)15-3-4-16-11(8-15)6-13-7-11/h1-2,5,13H,3-4,6-8H2. The summed E-state index contributed by atoms with van der Waals surface area (Å²) in [6, 6.07) is 4.01. The molecule has 0 aliphatic carbocycles. The summed E-state index contributed by atoms with van der Waals surface area (Å²) in [5.41, 5.74) is 0.0300. The van der Waals surface area contributed by atoms with Gasteiger partial charge < -0.3 is 15.0 Å². The topological polar surface area (TPSA) is 37.4 Å². The first kappa shape index (κ1) is 10.5. The molecule has 2 saturated heterocycles. The monoisotopic (exact) mass is 283 g/mol. The third-order valence-corrected chi connectivity index (χ3v) is 3.67. The molecule has 0 bridgehead atoms. The second-order valence-electron chi connectivity index (χ2n) is 4.39. The van der Waals surface area contributed by atoms with Gasteiger partial charge in [-0.05, 0) is 12.1 Å². The summed E-state index contributed by atoms with van der Waals surface area (Å²) in [5, 5.41) is 3.27. The lowest BCUT2D eigenvalue weighted by Crippen LogP contribution is -2.69. The molecule has 2 aliphatic heterocycles. The number of nitrogens with one attached hydrogen (secondary N) is 1. The zero-order valence-electron chi connectivity index (χ0n) is 8.95. The predicted octanol–water partition coefficient (Wildman–Crippen LogP) is 1.02. The first-order valence-corrected chi connectivity index (χ1v) is 6.28. The van der Waals surface area contributed by atoms with Crippen molar-refractivity contribution in [3.8, 4) is 0 Å². The average molecular weight is 284 g/mol. The third kappa shape index (κ3) is 1.83. The van der Waals surface area contributed by atoms with E-state index in [1.165, 1.54) is 0 Å². The van der Waals surface area contributed by atoms with Gasteiger partial charge in [-0.25, -0.2) is 4.98 Å². The fourth-order valence-electron chi connectivity index (χ4n) is 2.22. The van der Waals surface area contributed by atoms with Crippen LogP contribution >= 0.6 is 15.9 Å². The normalized spacial score (nSPS) is 23.2. The molecular formula is C11H14BrN3O. The molecule has 4 nitrogen and oxygen atoms in total. The van der Waals surface area contributed by atoms with Crippen molar-refractivity contribution < 1.29 is 4.74 Å². The molecule has 0 atom stereocenters. The zero-order chi connectivity index (χ0) is 11.0. The van der Waals surface area contributed by atoms with Gasteiger partial charge in [-0.15, -0.1) is 0 Å². The summed E-state index contributed by atoms with van der Waals surface area (Å²) in [7, 11) is 0. The highest BCUT2D eigenvalue weighted by Gasteiger charge is 2.42. The van der Waals surface area contributed by atoms with Gasteiger partial charge in [0.05, 0.1) is 13.2 Å². The molecular weight excluding hydrogens is 270 g/mol. The maximum absolute atomic E-state index is 5.84. The molecule has 1 N–H and O–H groups in total. The molecule has 1 aromatic rings. The van der Waals surface area contributed by atoms with E-state index >= 15 is 0 Å². The number of hydrogen-bond donors (Lipinski definition) is 1. The Morgan fingerprint density at radius 1 is 1.50 bits per heavy atom. The molecule has 86 valence electrons. The van der Waals surface area contributed by atoms with Gasteiger partial charge >= 0.3 is 0 Å². The van der Waals surface area contributed by atoms with Crippen LogP contribution in [0, 0.1) is 0 Å². The van der Waals surface area contributed by atoms with E-state index in [1.807, 2.05) is 12.3 Å². The van der Waals surface area contributed by atoms with Crippen LogP contribution in [0.2, 0.25) is 0 Å². The summed E-state index contributed by atoms with van der Waals surface area (Å²) in [6.45, 7) is 4.56. The van der Waals surface area contributed by atoms with E-state index in [9.17, 15) is 0 Å². The van der Waals surface area contributed by atoms with Crippen molar-refractivity contribution in [2.45, 2.75) is 5.60 Å². The maximum atomic E-state index is 5.84. The molecule has 3 heterocycles. The molecule has 3 rings (SSSR count). The van der Waals surface area contributed by atoms with Gasteiger partial charge in [0.2, 0.25) is 0 Å². The van der Waals surface area contributed by atoms with Crippen molar-refractivity contribution in [2.24, 2.45) is 0 Å². The highest BCUT2D eigenvalue weighted by molar-refractivity contribution is 9.10. The van der Waals surface area contributed by atoms with Crippen LogP contribution in [0.25, 0.3) is 0 Å². The Morgan fingerprint density at radius 2 is 2.38 bits per heavy atom. The van der Waals surface area contributed by atoms with Crippen LogP contribution in [0.15, 0.2) is 22.8 Å². The van der Waals surface area contributed by atoms with Gasteiger partial charge in [0, 0.05) is 30.3 Å². The SMILES string of the molecule is Brc1ccnc(N2CCOC3(CNC3)C2)c1. The Balaban J connectivity index is 1.79. The van der Waals surface area contributed by atoms with Crippen molar-refractivity contribution in [3.63, 3.8) is 0 Å². The number of ether oxygens (including phenoxy) is 1. The highest BCUT2D eigenvalue weighted by Crippen LogP contribution is 2.26. The lowest BCUT2D eigenvalue weighted by atomic mass is 9.95. The van der Waals surface area contributed by atoms with E-state index in [-0.39, 0.29) is 5.60 Å². The van der Waals surface area contributed by atoms with Gasteiger partial charge in [-0.3, -0.25) is 0 Å². The number of hydrogen-bond acceptors (Lipinski definition) is 4. The Labute approximate surface area is 103 Å². The second kappa shape index (κ2) is 3.98.